The fraction of sp³-hybridized carbons (Fsp3) is 0.789. The molecule has 0 bridgehead atoms. The summed E-state index contributed by atoms with van der Waals surface area (Å²) in [5.74, 6) is 1.99. The molecule has 5 heteroatoms. The molecule has 0 aromatic rings. The Morgan fingerprint density at radius 3 is 2.25 bits per heavy atom. The van der Waals surface area contributed by atoms with Crippen LogP contribution < -0.4 is 5.32 Å². The van der Waals surface area contributed by atoms with Crippen molar-refractivity contribution in [2.24, 2.45) is 0 Å². The van der Waals surface area contributed by atoms with Gasteiger partial charge in [0.15, 0.2) is 0 Å². The van der Waals surface area contributed by atoms with Crippen molar-refractivity contribution in [3.63, 3.8) is 0 Å². The van der Waals surface area contributed by atoms with Gasteiger partial charge in [-0.3, -0.25) is 0 Å². The van der Waals surface area contributed by atoms with Gasteiger partial charge in [-0.2, -0.15) is 0 Å². The summed E-state index contributed by atoms with van der Waals surface area (Å²) >= 11 is 0. The lowest BCUT2D eigenvalue weighted by Gasteiger charge is -2.16. The maximum atomic E-state index is 12.0. The van der Waals surface area contributed by atoms with Crippen LogP contribution in [0.4, 0.5) is 4.79 Å². The average Bonchev–Trinajstić information content (AvgIpc) is 2.57. The van der Waals surface area contributed by atoms with E-state index in [1.165, 1.54) is 32.1 Å². The molecule has 0 aromatic heterocycles. The number of ether oxygens (including phenoxy) is 2. The molecule has 24 heavy (non-hydrogen) atoms. The number of esters is 1. The smallest absolute Gasteiger partial charge is 0.407 e. The number of hydrogen-bond donors (Lipinski definition) is 1. The molecular formula is C19H33NO4. The van der Waals surface area contributed by atoms with E-state index >= 15 is 0 Å². The van der Waals surface area contributed by atoms with Crippen molar-refractivity contribution in [1.82, 2.24) is 5.32 Å². The first-order valence-electron chi connectivity index (χ1n) is 9.19. The van der Waals surface area contributed by atoms with Crippen molar-refractivity contribution in [3.05, 3.63) is 0 Å². The van der Waals surface area contributed by atoms with Gasteiger partial charge in [-0.1, -0.05) is 58.8 Å². The Morgan fingerprint density at radius 2 is 1.62 bits per heavy atom. The van der Waals surface area contributed by atoms with Gasteiger partial charge in [0, 0.05) is 6.42 Å². The third-order valence-corrected chi connectivity index (χ3v) is 3.63. The first-order valence-corrected chi connectivity index (χ1v) is 9.19. The monoisotopic (exact) mass is 339 g/mol. The van der Waals surface area contributed by atoms with Crippen LogP contribution >= 0.6 is 0 Å². The van der Waals surface area contributed by atoms with Gasteiger partial charge in [-0.05, 0) is 12.8 Å². The van der Waals surface area contributed by atoms with E-state index in [1.54, 1.807) is 0 Å². The van der Waals surface area contributed by atoms with Crippen LogP contribution in [0.3, 0.4) is 0 Å². The van der Waals surface area contributed by atoms with Crippen LogP contribution in [0.1, 0.15) is 78.1 Å². The van der Waals surface area contributed by atoms with Gasteiger partial charge in [-0.15, -0.1) is 12.3 Å². The molecule has 1 N–H and O–H groups in total. The lowest BCUT2D eigenvalue weighted by molar-refractivity contribution is -0.146. The minimum atomic E-state index is -0.655. The van der Waals surface area contributed by atoms with Gasteiger partial charge in [0.2, 0.25) is 0 Å². The normalized spacial score (nSPS) is 11.4. The van der Waals surface area contributed by atoms with Crippen LogP contribution in [0, 0.1) is 12.3 Å². The first kappa shape index (κ1) is 22.3. The van der Waals surface area contributed by atoms with E-state index in [1.807, 2.05) is 6.92 Å². The van der Waals surface area contributed by atoms with Gasteiger partial charge in [0.25, 0.3) is 0 Å². The zero-order valence-corrected chi connectivity index (χ0v) is 15.3. The molecule has 0 spiro atoms. The van der Waals surface area contributed by atoms with Crippen LogP contribution in [-0.4, -0.2) is 31.3 Å². The van der Waals surface area contributed by atoms with Crippen LogP contribution in [0.2, 0.25) is 0 Å². The standard InChI is InChI=1S/C19H33NO4/c1-4-7-9-10-11-12-13-16-23-18(21)17(14-6-3)20-19(22)24-15-8-5-2/h2,17H,4,6-16H2,1,3H3,(H,20,22)/t17-/m0/s1. The number of rotatable bonds is 14. The minimum absolute atomic E-state index is 0.147. The number of amides is 1. The summed E-state index contributed by atoms with van der Waals surface area (Å²) < 4.78 is 10.2. The summed E-state index contributed by atoms with van der Waals surface area (Å²) in [6.45, 7) is 4.70. The number of terminal acetylenes is 1. The zero-order valence-electron chi connectivity index (χ0n) is 15.3. The highest BCUT2D eigenvalue weighted by atomic mass is 16.6. The van der Waals surface area contributed by atoms with E-state index in [0.717, 1.165) is 19.3 Å². The molecule has 0 rings (SSSR count). The van der Waals surface area contributed by atoms with Gasteiger partial charge in [0.05, 0.1) is 6.61 Å². The third-order valence-electron chi connectivity index (χ3n) is 3.63. The van der Waals surface area contributed by atoms with Gasteiger partial charge in [0.1, 0.15) is 12.6 Å². The highest BCUT2D eigenvalue weighted by Gasteiger charge is 2.21. The number of unbranched alkanes of at least 4 members (excludes halogenated alkanes) is 6. The lowest BCUT2D eigenvalue weighted by atomic mass is 10.1. The van der Waals surface area contributed by atoms with Gasteiger partial charge < -0.3 is 14.8 Å². The molecule has 0 saturated heterocycles. The maximum absolute atomic E-state index is 12.0. The van der Waals surface area contributed by atoms with E-state index in [9.17, 15) is 9.59 Å². The van der Waals surface area contributed by atoms with Crippen molar-refractivity contribution in [2.45, 2.75) is 84.1 Å². The van der Waals surface area contributed by atoms with Crippen molar-refractivity contribution in [2.75, 3.05) is 13.2 Å². The Morgan fingerprint density at radius 1 is 0.958 bits per heavy atom. The zero-order chi connectivity index (χ0) is 18.0. The maximum Gasteiger partial charge on any atom is 0.407 e. The second-order valence-corrected chi connectivity index (χ2v) is 5.86. The van der Waals surface area contributed by atoms with Gasteiger partial charge >= 0.3 is 12.1 Å². The predicted molar refractivity (Wildman–Crippen MR) is 95.6 cm³/mol. The summed E-state index contributed by atoms with van der Waals surface area (Å²) in [4.78, 5) is 23.6. The number of nitrogens with one attached hydrogen (secondary N) is 1. The second kappa shape index (κ2) is 16.2. The quantitative estimate of drug-likeness (QED) is 0.293. The third kappa shape index (κ3) is 12.8. The molecule has 138 valence electrons. The fourth-order valence-electron chi connectivity index (χ4n) is 2.26. The van der Waals surface area contributed by atoms with Crippen LogP contribution in [-0.2, 0) is 14.3 Å². The summed E-state index contributed by atoms with van der Waals surface area (Å²) in [5, 5.41) is 2.55. The molecular weight excluding hydrogens is 306 g/mol. The fourth-order valence-corrected chi connectivity index (χ4v) is 2.26. The Bertz CT molecular complexity index is 376. The van der Waals surface area contributed by atoms with E-state index in [4.69, 9.17) is 15.9 Å². The summed E-state index contributed by atoms with van der Waals surface area (Å²) in [5.41, 5.74) is 0. The first-order chi connectivity index (χ1) is 11.7. The number of carbonyl (C=O) groups is 2. The highest BCUT2D eigenvalue weighted by molar-refractivity contribution is 5.81. The molecule has 1 atom stereocenters. The van der Waals surface area contributed by atoms with Gasteiger partial charge in [-0.25, -0.2) is 9.59 Å². The number of carbonyl (C=O) groups excluding carboxylic acids is 2. The lowest BCUT2D eigenvalue weighted by Crippen LogP contribution is -2.42. The molecule has 5 nitrogen and oxygen atoms in total. The summed E-state index contributed by atoms with van der Waals surface area (Å²) in [6, 6.07) is -0.655. The Kier molecular flexibility index (Phi) is 15.0. The predicted octanol–water partition coefficient (Wildman–Crippen LogP) is 4.20. The molecule has 1 amide bonds. The number of hydrogen-bond acceptors (Lipinski definition) is 4. The van der Waals surface area contributed by atoms with E-state index in [2.05, 4.69) is 18.2 Å². The SMILES string of the molecule is C#CCCOC(=O)N[C@@H](CCC)C(=O)OCCCCCCCCC. The van der Waals surface area contributed by atoms with Crippen molar-refractivity contribution in [1.29, 1.82) is 0 Å². The van der Waals surface area contributed by atoms with Crippen molar-refractivity contribution in [3.8, 4) is 12.3 Å². The van der Waals surface area contributed by atoms with Crippen LogP contribution in [0.15, 0.2) is 0 Å². The average molecular weight is 339 g/mol. The molecule has 0 fully saturated rings. The van der Waals surface area contributed by atoms with Crippen molar-refractivity contribution >= 4 is 12.1 Å². The highest BCUT2D eigenvalue weighted by Crippen LogP contribution is 2.07. The molecule has 0 aliphatic carbocycles. The van der Waals surface area contributed by atoms with Crippen LogP contribution in [0.25, 0.3) is 0 Å². The summed E-state index contributed by atoms with van der Waals surface area (Å²) in [6.07, 6.45) is 14.3. The second-order valence-electron chi connectivity index (χ2n) is 5.86. The molecule has 0 radical (unpaired) electrons. The molecule has 0 aromatic carbocycles. The molecule has 0 aliphatic heterocycles. The van der Waals surface area contributed by atoms with Crippen LogP contribution in [0.5, 0.6) is 0 Å². The molecule has 0 heterocycles. The topological polar surface area (TPSA) is 64.6 Å². The van der Waals surface area contributed by atoms with E-state index in [-0.39, 0.29) is 6.61 Å². The summed E-state index contributed by atoms with van der Waals surface area (Å²) in [7, 11) is 0. The molecule has 0 saturated carbocycles. The van der Waals surface area contributed by atoms with E-state index in [0.29, 0.717) is 19.4 Å². The van der Waals surface area contributed by atoms with Crippen molar-refractivity contribution < 1.29 is 19.1 Å². The number of alkyl carbamates (subject to hydrolysis) is 1. The molecule has 0 aliphatic rings. The molecule has 0 unspecified atom stereocenters. The van der Waals surface area contributed by atoms with E-state index < -0.39 is 18.1 Å². The Labute approximate surface area is 146 Å². The minimum Gasteiger partial charge on any atom is -0.464 e. The Hall–Kier alpha value is -1.70. The Balaban J connectivity index is 3.90. The largest absolute Gasteiger partial charge is 0.464 e.